The highest BCUT2D eigenvalue weighted by Gasteiger charge is 2.35. The van der Waals surface area contributed by atoms with Crippen LogP contribution < -0.4 is 0 Å². The molecule has 1 fully saturated rings. The predicted octanol–water partition coefficient (Wildman–Crippen LogP) is 1.63. The van der Waals surface area contributed by atoms with Gasteiger partial charge in [-0.2, -0.15) is 0 Å². The van der Waals surface area contributed by atoms with E-state index in [4.69, 9.17) is 23.7 Å². The lowest BCUT2D eigenvalue weighted by Gasteiger charge is -2.35. The van der Waals surface area contributed by atoms with E-state index in [1.165, 1.54) is 20.8 Å². The number of ether oxygens (including phenoxy) is 5. The van der Waals surface area contributed by atoms with Gasteiger partial charge in [0.1, 0.15) is 12.2 Å². The molecule has 0 aromatic heterocycles. The molecule has 0 aliphatic carbocycles. The molecule has 0 bridgehead atoms. The van der Waals surface area contributed by atoms with Crippen molar-refractivity contribution in [2.75, 3.05) is 32.9 Å². The van der Waals surface area contributed by atoms with Crippen LogP contribution in [0.4, 0.5) is 0 Å². The minimum atomic E-state index is -1.04. The number of esters is 4. The van der Waals surface area contributed by atoms with Crippen LogP contribution in [0.1, 0.15) is 60.3 Å². The molecule has 1 unspecified atom stereocenters. The fourth-order valence-corrected chi connectivity index (χ4v) is 3.57. The lowest BCUT2D eigenvalue weighted by atomic mass is 10.1. The predicted molar refractivity (Wildman–Crippen MR) is 114 cm³/mol. The minimum absolute atomic E-state index is 0.0431. The van der Waals surface area contributed by atoms with Crippen LogP contribution in [0, 0.1) is 0 Å². The highest BCUT2D eigenvalue weighted by Crippen LogP contribution is 2.18. The van der Waals surface area contributed by atoms with E-state index in [1.54, 1.807) is 6.92 Å². The normalized spacial score (nSPS) is 19.3. The Morgan fingerprint density at radius 2 is 1.72 bits per heavy atom. The summed E-state index contributed by atoms with van der Waals surface area (Å²) >= 11 is 0. The van der Waals surface area contributed by atoms with E-state index in [0.717, 1.165) is 19.3 Å². The molecule has 1 heterocycles. The van der Waals surface area contributed by atoms with Crippen LogP contribution in [0.5, 0.6) is 0 Å². The maximum absolute atomic E-state index is 12.7. The molecule has 0 aromatic rings. The highest BCUT2D eigenvalue weighted by molar-refractivity contribution is 5.72. The highest BCUT2D eigenvalue weighted by atomic mass is 16.6. The molecule has 10 nitrogen and oxygen atoms in total. The van der Waals surface area contributed by atoms with Crippen LogP contribution in [-0.2, 0) is 42.9 Å². The molecule has 0 amide bonds. The number of carbonyl (C=O) groups excluding carboxylic acids is 4. The van der Waals surface area contributed by atoms with Crippen LogP contribution in [0.25, 0.3) is 0 Å². The standard InChI is InChI=1S/C22H37NO9/c1-6-7-8-19-14-28-12-10-23(19)13-21(27)30-15(2)22(32-18(5)26)20(31-17(4)25)9-11-29-16(3)24/h15,19-20,22H,6-14H2,1-5H3/t15-,19?,20+,22+/m0/s1. The van der Waals surface area contributed by atoms with Gasteiger partial charge >= 0.3 is 23.9 Å². The maximum atomic E-state index is 12.7. The summed E-state index contributed by atoms with van der Waals surface area (Å²) in [6.45, 7) is 9.16. The average molecular weight is 460 g/mol. The summed E-state index contributed by atoms with van der Waals surface area (Å²) < 4.78 is 26.6. The van der Waals surface area contributed by atoms with Gasteiger partial charge in [-0.25, -0.2) is 0 Å². The van der Waals surface area contributed by atoms with Crippen molar-refractivity contribution in [1.82, 2.24) is 4.90 Å². The number of carbonyl (C=O) groups is 4. The number of morpholine rings is 1. The molecule has 1 aliphatic heterocycles. The van der Waals surface area contributed by atoms with Gasteiger partial charge < -0.3 is 23.7 Å². The zero-order chi connectivity index (χ0) is 24.1. The van der Waals surface area contributed by atoms with E-state index < -0.39 is 42.2 Å². The SMILES string of the molecule is CCCCC1COCCN1CC(=O)O[C@@H](C)[C@@H](OC(C)=O)[C@@H](CCOC(C)=O)OC(C)=O. The van der Waals surface area contributed by atoms with Crippen molar-refractivity contribution in [1.29, 1.82) is 0 Å². The molecule has 0 radical (unpaired) electrons. The van der Waals surface area contributed by atoms with Gasteiger partial charge in [-0.1, -0.05) is 19.8 Å². The monoisotopic (exact) mass is 459 g/mol. The van der Waals surface area contributed by atoms with Crippen molar-refractivity contribution in [3.63, 3.8) is 0 Å². The summed E-state index contributed by atoms with van der Waals surface area (Å²) in [5, 5.41) is 0. The largest absolute Gasteiger partial charge is 0.466 e. The van der Waals surface area contributed by atoms with Crippen LogP contribution in [0.2, 0.25) is 0 Å². The first-order valence-electron chi connectivity index (χ1n) is 11.1. The van der Waals surface area contributed by atoms with Gasteiger partial charge in [0.25, 0.3) is 0 Å². The lowest BCUT2D eigenvalue weighted by Crippen LogP contribution is -2.49. The van der Waals surface area contributed by atoms with E-state index in [2.05, 4.69) is 6.92 Å². The first kappa shape index (κ1) is 27.8. The molecule has 0 spiro atoms. The Morgan fingerprint density at radius 3 is 2.31 bits per heavy atom. The van der Waals surface area contributed by atoms with E-state index in [0.29, 0.717) is 19.8 Å². The maximum Gasteiger partial charge on any atom is 0.320 e. The fraction of sp³-hybridized carbons (Fsp3) is 0.818. The van der Waals surface area contributed by atoms with Crippen LogP contribution in [-0.4, -0.2) is 86.0 Å². The molecule has 1 saturated heterocycles. The van der Waals surface area contributed by atoms with Crippen molar-refractivity contribution in [2.45, 2.75) is 84.7 Å². The first-order chi connectivity index (χ1) is 15.1. The van der Waals surface area contributed by atoms with E-state index in [-0.39, 0.29) is 25.6 Å². The molecule has 1 aliphatic rings. The van der Waals surface area contributed by atoms with Crippen molar-refractivity contribution >= 4 is 23.9 Å². The molecule has 0 saturated carbocycles. The van der Waals surface area contributed by atoms with Gasteiger partial charge in [0.2, 0.25) is 0 Å². The molecular weight excluding hydrogens is 422 g/mol. The third-order valence-corrected chi connectivity index (χ3v) is 5.05. The molecule has 10 heteroatoms. The smallest absolute Gasteiger partial charge is 0.320 e. The second kappa shape index (κ2) is 14.8. The molecule has 184 valence electrons. The molecule has 0 N–H and O–H groups in total. The van der Waals surface area contributed by atoms with Gasteiger partial charge in [-0.3, -0.25) is 24.1 Å². The van der Waals surface area contributed by atoms with Crippen LogP contribution in [0.15, 0.2) is 0 Å². The number of hydrogen-bond acceptors (Lipinski definition) is 10. The summed E-state index contributed by atoms with van der Waals surface area (Å²) in [7, 11) is 0. The molecule has 1 rings (SSSR count). The van der Waals surface area contributed by atoms with E-state index >= 15 is 0 Å². The second-order valence-electron chi connectivity index (χ2n) is 7.89. The van der Waals surface area contributed by atoms with Crippen molar-refractivity contribution < 1.29 is 42.9 Å². The summed E-state index contributed by atoms with van der Waals surface area (Å²) in [5.74, 6) is -2.17. The Kier molecular flexibility index (Phi) is 12.9. The summed E-state index contributed by atoms with van der Waals surface area (Å²) in [5.41, 5.74) is 0. The van der Waals surface area contributed by atoms with Crippen LogP contribution in [0.3, 0.4) is 0 Å². The number of hydrogen-bond donors (Lipinski definition) is 0. The Morgan fingerprint density at radius 1 is 1.03 bits per heavy atom. The van der Waals surface area contributed by atoms with Crippen molar-refractivity contribution in [3.8, 4) is 0 Å². The summed E-state index contributed by atoms with van der Waals surface area (Å²) in [6.07, 6.45) is 0.234. The topological polar surface area (TPSA) is 118 Å². The molecular formula is C22H37NO9. The van der Waals surface area contributed by atoms with Gasteiger partial charge in [0.05, 0.1) is 26.4 Å². The zero-order valence-electron chi connectivity index (χ0n) is 19.8. The second-order valence-corrected chi connectivity index (χ2v) is 7.89. The Hall–Kier alpha value is -2.20. The average Bonchev–Trinajstić information content (AvgIpc) is 2.69. The number of unbranched alkanes of at least 4 members (excludes halogenated alkanes) is 1. The molecule has 0 aromatic carbocycles. The Balaban J connectivity index is 2.81. The zero-order valence-corrected chi connectivity index (χ0v) is 19.8. The van der Waals surface area contributed by atoms with Gasteiger partial charge in [-0.05, 0) is 13.3 Å². The fourth-order valence-electron chi connectivity index (χ4n) is 3.57. The molecule has 32 heavy (non-hydrogen) atoms. The van der Waals surface area contributed by atoms with E-state index in [9.17, 15) is 19.2 Å². The third-order valence-electron chi connectivity index (χ3n) is 5.05. The Bertz CT molecular complexity index is 625. The lowest BCUT2D eigenvalue weighted by molar-refractivity contribution is -0.184. The van der Waals surface area contributed by atoms with E-state index in [1.807, 2.05) is 4.90 Å². The quantitative estimate of drug-likeness (QED) is 0.297. The van der Waals surface area contributed by atoms with Crippen molar-refractivity contribution in [3.05, 3.63) is 0 Å². The molecule has 4 atom stereocenters. The van der Waals surface area contributed by atoms with Gasteiger partial charge in [0, 0.05) is 39.8 Å². The Labute approximate surface area is 189 Å². The number of nitrogens with zero attached hydrogens (tertiary/aromatic N) is 1. The first-order valence-corrected chi connectivity index (χ1v) is 11.1. The minimum Gasteiger partial charge on any atom is -0.466 e. The summed E-state index contributed by atoms with van der Waals surface area (Å²) in [6, 6.07) is 0.147. The number of rotatable bonds is 13. The summed E-state index contributed by atoms with van der Waals surface area (Å²) in [4.78, 5) is 49.0. The van der Waals surface area contributed by atoms with Gasteiger partial charge in [-0.15, -0.1) is 0 Å². The van der Waals surface area contributed by atoms with Crippen LogP contribution >= 0.6 is 0 Å². The van der Waals surface area contributed by atoms with Crippen molar-refractivity contribution in [2.24, 2.45) is 0 Å². The third kappa shape index (κ3) is 10.9. The van der Waals surface area contributed by atoms with Gasteiger partial charge in [0.15, 0.2) is 6.10 Å².